The van der Waals surface area contributed by atoms with Crippen LogP contribution in [0.4, 0.5) is 0 Å². The average molecular weight is 249 g/mol. The number of carbonyl (C=O) groups is 1. The van der Waals surface area contributed by atoms with Crippen molar-refractivity contribution in [3.05, 3.63) is 35.9 Å². The van der Waals surface area contributed by atoms with E-state index in [2.05, 4.69) is 12.2 Å². The van der Waals surface area contributed by atoms with Crippen molar-refractivity contribution in [3.63, 3.8) is 0 Å². The van der Waals surface area contributed by atoms with Crippen molar-refractivity contribution in [1.82, 2.24) is 5.32 Å². The number of amides is 1. The molecule has 0 heterocycles. The number of aliphatic hydroxyl groups is 1. The van der Waals surface area contributed by atoms with Gasteiger partial charge in [0.25, 0.3) is 0 Å². The van der Waals surface area contributed by atoms with E-state index in [4.69, 9.17) is 5.11 Å². The lowest BCUT2D eigenvalue weighted by Crippen LogP contribution is -2.33. The predicted octanol–water partition coefficient (Wildman–Crippen LogP) is 2.31. The lowest BCUT2D eigenvalue weighted by atomic mass is 9.93. The third-order valence-electron chi connectivity index (χ3n) is 3.03. The highest BCUT2D eigenvalue weighted by atomic mass is 16.3. The quantitative estimate of drug-likeness (QED) is 0.779. The Bertz CT molecular complexity index is 351. The van der Waals surface area contributed by atoms with Crippen LogP contribution in [-0.4, -0.2) is 24.2 Å². The van der Waals surface area contributed by atoms with Gasteiger partial charge in [0.15, 0.2) is 0 Å². The van der Waals surface area contributed by atoms with E-state index in [0.717, 1.165) is 18.4 Å². The maximum absolute atomic E-state index is 12.2. The van der Waals surface area contributed by atoms with Gasteiger partial charge in [-0.05, 0) is 17.9 Å². The van der Waals surface area contributed by atoms with E-state index in [1.165, 1.54) is 0 Å². The first-order valence-corrected chi connectivity index (χ1v) is 6.62. The van der Waals surface area contributed by atoms with Crippen molar-refractivity contribution in [2.45, 2.75) is 32.6 Å². The highest BCUT2D eigenvalue weighted by Gasteiger charge is 2.19. The van der Waals surface area contributed by atoms with Crippen LogP contribution in [-0.2, 0) is 4.79 Å². The van der Waals surface area contributed by atoms with Crippen LogP contribution in [0.5, 0.6) is 0 Å². The van der Waals surface area contributed by atoms with Crippen molar-refractivity contribution < 1.29 is 9.90 Å². The van der Waals surface area contributed by atoms with Gasteiger partial charge < -0.3 is 10.4 Å². The van der Waals surface area contributed by atoms with E-state index in [9.17, 15) is 4.79 Å². The Balaban J connectivity index is 2.64. The van der Waals surface area contributed by atoms with E-state index in [-0.39, 0.29) is 24.3 Å². The van der Waals surface area contributed by atoms with Gasteiger partial charge >= 0.3 is 0 Å². The summed E-state index contributed by atoms with van der Waals surface area (Å²) in [6, 6.07) is 9.87. The first-order valence-electron chi connectivity index (χ1n) is 6.62. The van der Waals surface area contributed by atoms with E-state index >= 15 is 0 Å². The minimum absolute atomic E-state index is 0.0587. The van der Waals surface area contributed by atoms with E-state index < -0.39 is 0 Å². The van der Waals surface area contributed by atoms with Crippen LogP contribution in [0.2, 0.25) is 0 Å². The highest BCUT2D eigenvalue weighted by Crippen LogP contribution is 2.21. The summed E-state index contributed by atoms with van der Waals surface area (Å²) < 4.78 is 0. The standard InChI is InChI=1S/C15H23NO2/c1-3-7-14(13-8-5-4-6-9-13)15(18)16-10-12(2)11-17/h4-6,8-9,12,14,17H,3,7,10-11H2,1-2H3,(H,16,18)/t12-,14+/m0/s1. The zero-order valence-corrected chi connectivity index (χ0v) is 11.2. The number of nitrogens with one attached hydrogen (secondary N) is 1. The molecule has 2 N–H and O–H groups in total. The summed E-state index contributed by atoms with van der Waals surface area (Å²) >= 11 is 0. The van der Waals surface area contributed by atoms with Crippen LogP contribution in [0.15, 0.2) is 30.3 Å². The normalized spacial score (nSPS) is 13.9. The molecular formula is C15H23NO2. The molecule has 3 nitrogen and oxygen atoms in total. The van der Waals surface area contributed by atoms with Crippen LogP contribution in [0.1, 0.15) is 38.2 Å². The molecule has 0 aliphatic carbocycles. The minimum atomic E-state index is -0.0814. The van der Waals surface area contributed by atoms with Gasteiger partial charge in [-0.25, -0.2) is 0 Å². The molecule has 0 radical (unpaired) electrons. The molecule has 0 unspecified atom stereocenters. The maximum Gasteiger partial charge on any atom is 0.227 e. The van der Waals surface area contributed by atoms with Gasteiger partial charge in [0.05, 0.1) is 5.92 Å². The zero-order chi connectivity index (χ0) is 13.4. The molecule has 1 aromatic rings. The predicted molar refractivity (Wildman–Crippen MR) is 73.4 cm³/mol. The Labute approximate surface area is 109 Å². The summed E-state index contributed by atoms with van der Waals surface area (Å²) in [6.45, 7) is 4.63. The fourth-order valence-corrected chi connectivity index (χ4v) is 1.89. The Morgan fingerprint density at radius 1 is 1.33 bits per heavy atom. The summed E-state index contributed by atoms with van der Waals surface area (Å²) in [4.78, 5) is 12.2. The van der Waals surface area contributed by atoms with Crippen molar-refractivity contribution in [1.29, 1.82) is 0 Å². The maximum atomic E-state index is 12.2. The number of carbonyl (C=O) groups excluding carboxylic acids is 1. The van der Waals surface area contributed by atoms with Crippen LogP contribution in [0.25, 0.3) is 0 Å². The second-order valence-corrected chi connectivity index (χ2v) is 4.78. The Hall–Kier alpha value is -1.35. The number of rotatable bonds is 7. The summed E-state index contributed by atoms with van der Waals surface area (Å²) in [6.07, 6.45) is 1.83. The third kappa shape index (κ3) is 4.49. The van der Waals surface area contributed by atoms with Gasteiger partial charge in [-0.2, -0.15) is 0 Å². The van der Waals surface area contributed by atoms with E-state index in [1.54, 1.807) is 0 Å². The fraction of sp³-hybridized carbons (Fsp3) is 0.533. The van der Waals surface area contributed by atoms with Crippen LogP contribution >= 0.6 is 0 Å². The summed E-state index contributed by atoms with van der Waals surface area (Å²) in [5, 5.41) is 11.9. The largest absolute Gasteiger partial charge is 0.396 e. The van der Waals surface area contributed by atoms with Gasteiger partial charge in [0.2, 0.25) is 5.91 Å². The smallest absolute Gasteiger partial charge is 0.227 e. The van der Waals surface area contributed by atoms with Crippen molar-refractivity contribution >= 4 is 5.91 Å². The molecule has 0 aromatic heterocycles. The SMILES string of the molecule is CCC[C@@H](C(=O)NC[C@H](C)CO)c1ccccc1. The molecule has 0 saturated heterocycles. The molecule has 1 aromatic carbocycles. The summed E-state index contributed by atoms with van der Waals surface area (Å²) in [5.41, 5.74) is 1.06. The van der Waals surface area contributed by atoms with Gasteiger partial charge in [-0.3, -0.25) is 4.79 Å². The number of aliphatic hydroxyl groups excluding tert-OH is 1. The first-order chi connectivity index (χ1) is 8.69. The molecule has 3 heteroatoms. The van der Waals surface area contributed by atoms with E-state index in [1.807, 2.05) is 37.3 Å². The van der Waals surface area contributed by atoms with Crippen molar-refractivity contribution in [2.24, 2.45) is 5.92 Å². The van der Waals surface area contributed by atoms with Crippen LogP contribution in [0.3, 0.4) is 0 Å². The molecule has 1 amide bonds. The molecule has 0 spiro atoms. The molecule has 0 saturated carbocycles. The van der Waals surface area contributed by atoms with Crippen molar-refractivity contribution in [2.75, 3.05) is 13.2 Å². The molecule has 0 fully saturated rings. The Morgan fingerprint density at radius 3 is 2.56 bits per heavy atom. The molecular weight excluding hydrogens is 226 g/mol. The second-order valence-electron chi connectivity index (χ2n) is 4.78. The van der Waals surface area contributed by atoms with Gasteiger partial charge in [-0.1, -0.05) is 50.6 Å². The molecule has 18 heavy (non-hydrogen) atoms. The molecule has 2 atom stereocenters. The van der Waals surface area contributed by atoms with Gasteiger partial charge in [-0.15, -0.1) is 0 Å². The highest BCUT2D eigenvalue weighted by molar-refractivity contribution is 5.83. The van der Waals surface area contributed by atoms with Crippen molar-refractivity contribution in [3.8, 4) is 0 Å². The zero-order valence-electron chi connectivity index (χ0n) is 11.2. The first kappa shape index (κ1) is 14.7. The molecule has 100 valence electrons. The second kappa shape index (κ2) is 7.88. The molecule has 0 aliphatic rings. The number of hydrogen-bond acceptors (Lipinski definition) is 2. The minimum Gasteiger partial charge on any atom is -0.396 e. The molecule has 1 rings (SSSR count). The topological polar surface area (TPSA) is 49.3 Å². The van der Waals surface area contributed by atoms with Gasteiger partial charge in [0, 0.05) is 13.2 Å². The molecule has 0 bridgehead atoms. The lowest BCUT2D eigenvalue weighted by Gasteiger charge is -2.18. The van der Waals surface area contributed by atoms with Crippen LogP contribution in [0, 0.1) is 5.92 Å². The average Bonchev–Trinajstić information content (AvgIpc) is 2.42. The number of hydrogen-bond donors (Lipinski definition) is 2. The Kier molecular flexibility index (Phi) is 6.44. The lowest BCUT2D eigenvalue weighted by molar-refractivity contribution is -0.122. The van der Waals surface area contributed by atoms with Crippen LogP contribution < -0.4 is 5.32 Å². The Morgan fingerprint density at radius 2 is 2.00 bits per heavy atom. The third-order valence-corrected chi connectivity index (χ3v) is 3.03. The summed E-state index contributed by atoms with van der Waals surface area (Å²) in [7, 11) is 0. The monoisotopic (exact) mass is 249 g/mol. The van der Waals surface area contributed by atoms with E-state index in [0.29, 0.717) is 6.54 Å². The summed E-state index contributed by atoms with van der Waals surface area (Å²) in [5.74, 6) is 0.0810. The fourth-order valence-electron chi connectivity index (χ4n) is 1.89. The molecule has 0 aliphatic heterocycles. The number of benzene rings is 1. The van der Waals surface area contributed by atoms with Gasteiger partial charge in [0.1, 0.15) is 0 Å².